The summed E-state index contributed by atoms with van der Waals surface area (Å²) in [7, 11) is 0. The molecular weight excluding hydrogens is 434 g/mol. The summed E-state index contributed by atoms with van der Waals surface area (Å²) in [5, 5.41) is 3.93. The normalized spacial score (nSPS) is 23.9. The number of carbonyl (C=O) groups excluding carboxylic acids is 1. The van der Waals surface area contributed by atoms with E-state index in [1.807, 2.05) is 36.4 Å². The van der Waals surface area contributed by atoms with Crippen LogP contribution in [0.2, 0.25) is 5.02 Å². The Morgan fingerprint density at radius 1 is 1.12 bits per heavy atom. The van der Waals surface area contributed by atoms with Crippen LogP contribution in [0, 0.1) is 11.8 Å². The summed E-state index contributed by atoms with van der Waals surface area (Å²) >= 11 is 6.48. The first kappa shape index (κ1) is 24.1. The minimum Gasteiger partial charge on any atom is -0.484 e. The zero-order valence-corrected chi connectivity index (χ0v) is 20.5. The fourth-order valence-electron chi connectivity index (χ4n) is 5.30. The Morgan fingerprint density at radius 2 is 1.91 bits per heavy atom. The number of rotatable bonds is 7. The van der Waals surface area contributed by atoms with Crippen LogP contribution in [0.1, 0.15) is 75.5 Å². The highest BCUT2D eigenvalue weighted by Crippen LogP contribution is 2.45. The molecule has 1 saturated carbocycles. The van der Waals surface area contributed by atoms with Crippen LogP contribution in [0.15, 0.2) is 48.5 Å². The molecule has 2 fully saturated rings. The number of benzene rings is 2. The molecule has 2 aliphatic rings. The van der Waals surface area contributed by atoms with E-state index in [4.69, 9.17) is 21.1 Å². The largest absolute Gasteiger partial charge is 0.484 e. The molecule has 0 unspecified atom stereocenters. The van der Waals surface area contributed by atoms with Gasteiger partial charge in [0.05, 0.1) is 12.7 Å². The van der Waals surface area contributed by atoms with Crippen molar-refractivity contribution < 1.29 is 14.3 Å². The van der Waals surface area contributed by atoms with E-state index in [0.717, 1.165) is 29.8 Å². The van der Waals surface area contributed by atoms with Gasteiger partial charge in [0, 0.05) is 17.0 Å². The van der Waals surface area contributed by atoms with Crippen LogP contribution in [0.3, 0.4) is 0 Å². The van der Waals surface area contributed by atoms with Gasteiger partial charge in [-0.1, -0.05) is 75.0 Å². The van der Waals surface area contributed by atoms with Crippen molar-refractivity contribution in [3.05, 3.63) is 64.7 Å². The second-order valence-corrected chi connectivity index (χ2v) is 10.3. The Balaban J connectivity index is 1.39. The molecule has 4 rings (SSSR count). The maximum Gasteiger partial charge on any atom is 0.258 e. The van der Waals surface area contributed by atoms with Gasteiger partial charge in [-0.05, 0) is 60.4 Å². The topological polar surface area (TPSA) is 47.6 Å². The molecular formula is C28H36ClNO3. The molecule has 3 atom stereocenters. The molecule has 0 bridgehead atoms. The van der Waals surface area contributed by atoms with Crippen molar-refractivity contribution >= 4 is 17.5 Å². The van der Waals surface area contributed by atoms with E-state index in [9.17, 15) is 4.79 Å². The lowest BCUT2D eigenvalue weighted by atomic mass is 9.76. The Bertz CT molecular complexity index is 925. The van der Waals surface area contributed by atoms with Crippen LogP contribution in [0.25, 0.3) is 0 Å². The van der Waals surface area contributed by atoms with Crippen molar-refractivity contribution in [3.63, 3.8) is 0 Å². The van der Waals surface area contributed by atoms with Gasteiger partial charge in [-0.2, -0.15) is 0 Å². The smallest absolute Gasteiger partial charge is 0.258 e. The molecule has 1 amide bonds. The molecule has 2 aromatic rings. The lowest BCUT2D eigenvalue weighted by Gasteiger charge is -2.39. The fourth-order valence-corrected chi connectivity index (χ4v) is 5.59. The van der Waals surface area contributed by atoms with Crippen LogP contribution in [-0.2, 0) is 9.53 Å². The lowest BCUT2D eigenvalue weighted by molar-refractivity contribution is -0.124. The predicted octanol–water partition coefficient (Wildman–Crippen LogP) is 6.69. The van der Waals surface area contributed by atoms with Gasteiger partial charge in [0.1, 0.15) is 5.75 Å². The Hall–Kier alpha value is -2.04. The van der Waals surface area contributed by atoms with Crippen molar-refractivity contribution in [2.75, 3.05) is 13.2 Å². The molecule has 1 heterocycles. The third-order valence-electron chi connectivity index (χ3n) is 7.15. The van der Waals surface area contributed by atoms with Crippen LogP contribution in [-0.4, -0.2) is 25.2 Å². The Labute approximate surface area is 203 Å². The molecule has 2 aromatic carbocycles. The van der Waals surface area contributed by atoms with E-state index in [1.165, 1.54) is 24.8 Å². The van der Waals surface area contributed by atoms with Gasteiger partial charge in [-0.15, -0.1) is 0 Å². The minimum absolute atomic E-state index is 0.00310. The Morgan fingerprint density at radius 3 is 2.67 bits per heavy atom. The lowest BCUT2D eigenvalue weighted by Crippen LogP contribution is -2.39. The van der Waals surface area contributed by atoms with E-state index in [2.05, 4.69) is 31.3 Å². The van der Waals surface area contributed by atoms with E-state index in [-0.39, 0.29) is 18.6 Å². The third kappa shape index (κ3) is 6.30. The molecule has 33 heavy (non-hydrogen) atoms. The molecule has 1 N–H and O–H groups in total. The SMILES string of the molecule is CC(C)[C@@H]1C[C@H](c2ccccc2Cl)CO[C@H]1c1cccc(OCC(=O)NC2CCCCC2)c1. The van der Waals surface area contributed by atoms with Crippen LogP contribution >= 0.6 is 11.6 Å². The number of carbonyl (C=O) groups is 1. The van der Waals surface area contributed by atoms with Crippen molar-refractivity contribution in [2.24, 2.45) is 11.8 Å². The second-order valence-electron chi connectivity index (χ2n) is 9.88. The summed E-state index contributed by atoms with van der Waals surface area (Å²) in [6.45, 7) is 5.21. The second kappa shape index (κ2) is 11.4. The van der Waals surface area contributed by atoms with E-state index >= 15 is 0 Å². The average Bonchev–Trinajstić information content (AvgIpc) is 2.83. The van der Waals surface area contributed by atoms with Crippen molar-refractivity contribution in [3.8, 4) is 5.75 Å². The van der Waals surface area contributed by atoms with Gasteiger partial charge in [0.25, 0.3) is 5.91 Å². The fraction of sp³-hybridized carbons (Fsp3) is 0.536. The van der Waals surface area contributed by atoms with Gasteiger partial charge in [-0.3, -0.25) is 4.79 Å². The standard InChI is InChI=1S/C28H36ClNO3/c1-19(2)25-16-21(24-13-6-7-14-26(24)29)17-33-28(25)20-9-8-12-23(15-20)32-18-27(31)30-22-10-4-3-5-11-22/h6-9,12-15,19,21-22,25,28H,3-5,10-11,16-18H2,1-2H3,(H,30,31)/t21-,25-,28-/m0/s1. The summed E-state index contributed by atoms with van der Waals surface area (Å²) < 4.78 is 12.3. The van der Waals surface area contributed by atoms with Crippen molar-refractivity contribution in [1.29, 1.82) is 0 Å². The molecule has 1 aliphatic heterocycles. The van der Waals surface area contributed by atoms with Crippen molar-refractivity contribution in [2.45, 2.75) is 70.4 Å². The van der Waals surface area contributed by atoms with Gasteiger partial charge in [0.2, 0.25) is 0 Å². The van der Waals surface area contributed by atoms with Crippen LogP contribution in [0.4, 0.5) is 0 Å². The third-order valence-corrected chi connectivity index (χ3v) is 7.49. The van der Waals surface area contributed by atoms with Gasteiger partial charge < -0.3 is 14.8 Å². The summed E-state index contributed by atoms with van der Waals surface area (Å²) in [6, 6.07) is 16.4. The maximum atomic E-state index is 12.3. The first-order valence-electron chi connectivity index (χ1n) is 12.4. The Kier molecular flexibility index (Phi) is 8.32. The first-order chi connectivity index (χ1) is 16.0. The highest BCUT2D eigenvalue weighted by molar-refractivity contribution is 6.31. The van der Waals surface area contributed by atoms with Gasteiger partial charge in [-0.25, -0.2) is 0 Å². The predicted molar refractivity (Wildman–Crippen MR) is 133 cm³/mol. The summed E-state index contributed by atoms with van der Waals surface area (Å²) in [4.78, 5) is 12.3. The zero-order valence-electron chi connectivity index (χ0n) is 19.8. The molecule has 4 nitrogen and oxygen atoms in total. The zero-order chi connectivity index (χ0) is 23.2. The molecule has 1 aliphatic carbocycles. The number of hydrogen-bond acceptors (Lipinski definition) is 3. The van der Waals surface area contributed by atoms with E-state index in [1.54, 1.807) is 0 Å². The van der Waals surface area contributed by atoms with E-state index < -0.39 is 0 Å². The number of amides is 1. The molecule has 5 heteroatoms. The maximum absolute atomic E-state index is 12.3. The highest BCUT2D eigenvalue weighted by atomic mass is 35.5. The van der Waals surface area contributed by atoms with Gasteiger partial charge in [0.15, 0.2) is 6.61 Å². The van der Waals surface area contributed by atoms with Gasteiger partial charge >= 0.3 is 0 Å². The molecule has 0 spiro atoms. The number of nitrogens with one attached hydrogen (secondary N) is 1. The van der Waals surface area contributed by atoms with Crippen molar-refractivity contribution in [1.82, 2.24) is 5.32 Å². The number of ether oxygens (including phenoxy) is 2. The summed E-state index contributed by atoms with van der Waals surface area (Å²) in [5.41, 5.74) is 2.28. The quantitative estimate of drug-likeness (QED) is 0.491. The van der Waals surface area contributed by atoms with Crippen LogP contribution in [0.5, 0.6) is 5.75 Å². The summed E-state index contributed by atoms with van der Waals surface area (Å²) in [6.07, 6.45) is 6.85. The van der Waals surface area contributed by atoms with Crippen LogP contribution < -0.4 is 10.1 Å². The monoisotopic (exact) mass is 469 g/mol. The summed E-state index contributed by atoms with van der Waals surface area (Å²) in [5.74, 6) is 1.80. The minimum atomic E-state index is -0.0381. The molecule has 0 aromatic heterocycles. The molecule has 178 valence electrons. The van der Waals surface area contributed by atoms with E-state index in [0.29, 0.717) is 36.2 Å². The first-order valence-corrected chi connectivity index (χ1v) is 12.8. The number of hydrogen-bond donors (Lipinski definition) is 1. The average molecular weight is 470 g/mol. The molecule has 1 saturated heterocycles. The highest BCUT2D eigenvalue weighted by Gasteiger charge is 2.35. The number of halogens is 1. The molecule has 0 radical (unpaired) electrons.